The van der Waals surface area contributed by atoms with Crippen molar-refractivity contribution in [1.29, 1.82) is 5.41 Å². The maximum atomic E-state index is 9.72. The van der Waals surface area contributed by atoms with Gasteiger partial charge in [-0.1, -0.05) is 125 Å². The van der Waals surface area contributed by atoms with Crippen molar-refractivity contribution in [3.05, 3.63) is 131 Å². The Labute approximate surface area is 215 Å². The molecular formula is C33H35N3. The molecule has 3 nitrogen and oxygen atoms in total. The number of guanidine groups is 1. The summed E-state index contributed by atoms with van der Waals surface area (Å²) in [6.45, 7) is 8.93. The Morgan fingerprint density at radius 3 is 1.19 bits per heavy atom. The summed E-state index contributed by atoms with van der Waals surface area (Å²) < 4.78 is 0. The minimum absolute atomic E-state index is 0.0544. The van der Waals surface area contributed by atoms with Crippen LogP contribution in [0.25, 0.3) is 0 Å². The van der Waals surface area contributed by atoms with E-state index in [9.17, 15) is 5.41 Å². The third-order valence-electron chi connectivity index (χ3n) is 7.23. The van der Waals surface area contributed by atoms with Crippen molar-refractivity contribution in [3.63, 3.8) is 0 Å². The summed E-state index contributed by atoms with van der Waals surface area (Å²) in [5.74, 6) is 1.20. The van der Waals surface area contributed by atoms with Crippen molar-refractivity contribution in [2.24, 2.45) is 0 Å². The number of rotatable bonds is 6. The highest BCUT2D eigenvalue weighted by Crippen LogP contribution is 2.51. The summed E-state index contributed by atoms with van der Waals surface area (Å²) in [7, 11) is 0. The molecule has 3 heteroatoms. The van der Waals surface area contributed by atoms with Gasteiger partial charge in [-0.05, 0) is 46.2 Å². The van der Waals surface area contributed by atoms with E-state index in [2.05, 4.69) is 147 Å². The molecule has 1 heterocycles. The average molecular weight is 474 g/mol. The van der Waals surface area contributed by atoms with E-state index in [1.165, 1.54) is 22.3 Å². The van der Waals surface area contributed by atoms with Gasteiger partial charge in [-0.15, -0.1) is 0 Å². The standard InChI is InChI=1S/C33H35N3/c1-23(2)27-19-11-13-21-29(27)35-31(25-15-7-5-8-16-25)32(26-17-9-6-10-18-26)36(33(35)34)30-22-14-12-20-28(30)24(3)4/h5-24,31-32,34H,1-4H3/t31-,32-/m0/s1. The fourth-order valence-corrected chi connectivity index (χ4v) is 5.54. The van der Waals surface area contributed by atoms with Gasteiger partial charge in [-0.2, -0.15) is 0 Å². The van der Waals surface area contributed by atoms with E-state index in [-0.39, 0.29) is 12.1 Å². The molecule has 0 saturated carbocycles. The molecule has 0 aromatic heterocycles. The van der Waals surface area contributed by atoms with Crippen LogP contribution in [0.5, 0.6) is 0 Å². The summed E-state index contributed by atoms with van der Waals surface area (Å²) in [6, 6.07) is 38.5. The lowest BCUT2D eigenvalue weighted by atomic mass is 9.91. The van der Waals surface area contributed by atoms with Gasteiger partial charge in [0.15, 0.2) is 0 Å². The first-order valence-corrected chi connectivity index (χ1v) is 12.9. The number of nitrogens with zero attached hydrogens (tertiary/aromatic N) is 2. The van der Waals surface area contributed by atoms with Gasteiger partial charge in [0.05, 0.1) is 12.1 Å². The molecule has 1 aliphatic rings. The van der Waals surface area contributed by atoms with Gasteiger partial charge in [-0.3, -0.25) is 5.41 Å². The number of anilines is 2. The molecule has 4 aromatic rings. The van der Waals surface area contributed by atoms with Crippen LogP contribution in [0.2, 0.25) is 0 Å². The molecule has 1 saturated heterocycles. The van der Waals surface area contributed by atoms with Gasteiger partial charge in [0.1, 0.15) is 0 Å². The zero-order valence-corrected chi connectivity index (χ0v) is 21.6. The molecule has 2 atom stereocenters. The van der Waals surface area contributed by atoms with Gasteiger partial charge in [0, 0.05) is 11.4 Å². The van der Waals surface area contributed by atoms with E-state index in [1.807, 2.05) is 0 Å². The molecular weight excluding hydrogens is 438 g/mol. The molecule has 1 aliphatic heterocycles. The predicted octanol–water partition coefficient (Wildman–Crippen LogP) is 8.68. The molecule has 0 bridgehead atoms. The van der Waals surface area contributed by atoms with Crippen LogP contribution in [-0.4, -0.2) is 5.96 Å². The van der Waals surface area contributed by atoms with E-state index >= 15 is 0 Å². The summed E-state index contributed by atoms with van der Waals surface area (Å²) in [5.41, 5.74) is 7.15. The van der Waals surface area contributed by atoms with Gasteiger partial charge in [-0.25, -0.2) is 0 Å². The van der Waals surface area contributed by atoms with Crippen LogP contribution in [0.4, 0.5) is 11.4 Å². The molecule has 0 amide bonds. The van der Waals surface area contributed by atoms with Crippen molar-refractivity contribution < 1.29 is 0 Å². The highest BCUT2D eigenvalue weighted by Gasteiger charge is 2.47. The van der Waals surface area contributed by atoms with Crippen LogP contribution >= 0.6 is 0 Å². The van der Waals surface area contributed by atoms with Crippen LogP contribution in [0.3, 0.4) is 0 Å². The number of hydrogen-bond donors (Lipinski definition) is 1. The van der Waals surface area contributed by atoms with Crippen LogP contribution in [0.1, 0.15) is 73.9 Å². The molecule has 0 unspecified atom stereocenters. The average Bonchev–Trinajstić information content (AvgIpc) is 3.22. The first kappa shape index (κ1) is 23.9. The monoisotopic (exact) mass is 473 g/mol. The summed E-state index contributed by atoms with van der Waals surface area (Å²) in [5, 5.41) is 9.72. The Bertz CT molecular complexity index is 1220. The maximum Gasteiger partial charge on any atom is 0.204 e. The van der Waals surface area contributed by atoms with E-state index in [1.54, 1.807) is 0 Å². The fraction of sp³-hybridized carbons (Fsp3) is 0.242. The molecule has 4 aromatic carbocycles. The minimum Gasteiger partial charge on any atom is -0.302 e. The minimum atomic E-state index is -0.0544. The third kappa shape index (κ3) is 4.19. The Balaban J connectivity index is 1.80. The third-order valence-corrected chi connectivity index (χ3v) is 7.23. The van der Waals surface area contributed by atoms with E-state index in [0.717, 1.165) is 11.4 Å². The second-order valence-corrected chi connectivity index (χ2v) is 10.2. The summed E-state index contributed by atoms with van der Waals surface area (Å²) in [4.78, 5) is 4.53. The van der Waals surface area contributed by atoms with Gasteiger partial charge in [0.25, 0.3) is 0 Å². The fourth-order valence-electron chi connectivity index (χ4n) is 5.54. The molecule has 1 N–H and O–H groups in total. The van der Waals surface area contributed by atoms with Crippen molar-refractivity contribution in [2.45, 2.75) is 51.6 Å². The van der Waals surface area contributed by atoms with Gasteiger partial charge in [0.2, 0.25) is 5.96 Å². The number of hydrogen-bond acceptors (Lipinski definition) is 1. The highest BCUT2D eigenvalue weighted by atomic mass is 15.5. The predicted molar refractivity (Wildman–Crippen MR) is 152 cm³/mol. The normalized spacial score (nSPS) is 17.9. The number of nitrogens with one attached hydrogen (secondary N) is 1. The molecule has 36 heavy (non-hydrogen) atoms. The van der Waals surface area contributed by atoms with Gasteiger partial charge >= 0.3 is 0 Å². The topological polar surface area (TPSA) is 30.3 Å². The molecule has 0 spiro atoms. The lowest BCUT2D eigenvalue weighted by Crippen LogP contribution is -2.34. The number of para-hydroxylation sites is 2. The Morgan fingerprint density at radius 2 is 0.833 bits per heavy atom. The van der Waals surface area contributed by atoms with Crippen molar-refractivity contribution >= 4 is 17.3 Å². The molecule has 0 aliphatic carbocycles. The Morgan fingerprint density at radius 1 is 0.500 bits per heavy atom. The first-order chi connectivity index (χ1) is 17.5. The Kier molecular flexibility index (Phi) is 6.65. The van der Waals surface area contributed by atoms with Crippen molar-refractivity contribution in [2.75, 3.05) is 9.80 Å². The molecule has 0 radical (unpaired) electrons. The van der Waals surface area contributed by atoms with Crippen LogP contribution in [0.15, 0.2) is 109 Å². The Hall–Kier alpha value is -3.85. The first-order valence-electron chi connectivity index (χ1n) is 12.9. The van der Waals surface area contributed by atoms with E-state index < -0.39 is 0 Å². The highest BCUT2D eigenvalue weighted by molar-refractivity contribution is 6.10. The zero-order valence-electron chi connectivity index (χ0n) is 21.6. The molecule has 182 valence electrons. The van der Waals surface area contributed by atoms with Crippen molar-refractivity contribution in [1.82, 2.24) is 0 Å². The van der Waals surface area contributed by atoms with Crippen molar-refractivity contribution in [3.8, 4) is 0 Å². The largest absolute Gasteiger partial charge is 0.302 e. The second-order valence-electron chi connectivity index (χ2n) is 10.2. The van der Waals surface area contributed by atoms with Crippen LogP contribution in [-0.2, 0) is 0 Å². The lowest BCUT2D eigenvalue weighted by Gasteiger charge is -2.31. The smallest absolute Gasteiger partial charge is 0.204 e. The molecule has 1 fully saturated rings. The van der Waals surface area contributed by atoms with Gasteiger partial charge < -0.3 is 9.80 Å². The maximum absolute atomic E-state index is 9.72. The SMILES string of the molecule is CC(C)c1ccccc1N1C(=N)N(c2ccccc2C(C)C)[C@@H](c2ccccc2)[C@@H]1c1ccccc1. The zero-order chi connectivity index (χ0) is 25.2. The second kappa shape index (κ2) is 10.0. The van der Waals surface area contributed by atoms with Crippen LogP contribution < -0.4 is 9.80 Å². The van der Waals surface area contributed by atoms with E-state index in [0.29, 0.717) is 17.8 Å². The van der Waals surface area contributed by atoms with Crippen LogP contribution in [0, 0.1) is 5.41 Å². The molecule has 5 rings (SSSR count). The van der Waals surface area contributed by atoms with E-state index in [4.69, 9.17) is 0 Å². The lowest BCUT2D eigenvalue weighted by molar-refractivity contribution is 0.614. The summed E-state index contributed by atoms with van der Waals surface area (Å²) >= 11 is 0. The quantitative estimate of drug-likeness (QED) is 0.304. The number of benzene rings is 4. The summed E-state index contributed by atoms with van der Waals surface area (Å²) in [6.07, 6.45) is 0.